The van der Waals surface area contributed by atoms with Gasteiger partial charge in [0, 0.05) is 6.20 Å². The smallest absolute Gasteiger partial charge is 0.406 e. The van der Waals surface area contributed by atoms with Gasteiger partial charge in [0.25, 0.3) is 0 Å². The minimum Gasteiger partial charge on any atom is -0.406 e. The number of nitrogens with zero attached hydrogens (tertiary/aromatic N) is 1. The quantitative estimate of drug-likeness (QED) is 0.785. The predicted molar refractivity (Wildman–Crippen MR) is 83.1 cm³/mol. The first kappa shape index (κ1) is 17.9. The number of halogens is 3. The number of ether oxygens (including phenoxy) is 1. The molecule has 1 heterocycles. The third kappa shape index (κ3) is 3.92. The van der Waals surface area contributed by atoms with Crippen LogP contribution >= 0.6 is 12.2 Å². The molecule has 0 bridgehead atoms. The highest BCUT2D eigenvalue weighted by molar-refractivity contribution is 7.91. The van der Waals surface area contributed by atoms with Crippen molar-refractivity contribution < 1.29 is 26.3 Å². The molecule has 24 heavy (non-hydrogen) atoms. The fourth-order valence-corrected chi connectivity index (χ4v) is 3.18. The van der Waals surface area contributed by atoms with Crippen molar-refractivity contribution in [3.8, 4) is 5.75 Å². The number of thiocarbonyl (C=S) groups is 1. The third-order valence-corrected chi connectivity index (χ3v) is 4.73. The van der Waals surface area contributed by atoms with Gasteiger partial charge >= 0.3 is 6.36 Å². The lowest BCUT2D eigenvalue weighted by Gasteiger charge is -2.10. The van der Waals surface area contributed by atoms with Crippen molar-refractivity contribution in [2.75, 3.05) is 5.73 Å². The number of rotatable bonds is 4. The van der Waals surface area contributed by atoms with Crippen molar-refractivity contribution in [1.82, 2.24) is 4.98 Å². The minimum absolute atomic E-state index is 0.0272. The Kier molecular flexibility index (Phi) is 4.67. The van der Waals surface area contributed by atoms with Crippen LogP contribution in [-0.4, -0.2) is 24.8 Å². The molecule has 1 aromatic carbocycles. The molecule has 0 radical (unpaired) electrons. The van der Waals surface area contributed by atoms with Gasteiger partial charge in [-0.05, 0) is 30.3 Å². The molecule has 0 unspecified atom stereocenters. The van der Waals surface area contributed by atoms with Gasteiger partial charge in [-0.2, -0.15) is 0 Å². The summed E-state index contributed by atoms with van der Waals surface area (Å²) in [6.45, 7) is 0. The first-order valence-electron chi connectivity index (χ1n) is 6.17. The molecule has 0 aliphatic rings. The van der Waals surface area contributed by atoms with Gasteiger partial charge in [0.05, 0.1) is 15.5 Å². The van der Waals surface area contributed by atoms with Gasteiger partial charge in [-0.15, -0.1) is 13.2 Å². The average Bonchev–Trinajstić information content (AvgIpc) is 2.45. The first-order chi connectivity index (χ1) is 11.0. The van der Waals surface area contributed by atoms with Crippen molar-refractivity contribution in [3.63, 3.8) is 0 Å². The number of alkyl halides is 3. The lowest BCUT2D eigenvalue weighted by molar-refractivity contribution is -0.274. The molecule has 11 heteroatoms. The minimum atomic E-state index is -4.87. The summed E-state index contributed by atoms with van der Waals surface area (Å²) in [5.41, 5.74) is 11.1. The van der Waals surface area contributed by atoms with Gasteiger partial charge < -0.3 is 16.2 Å². The number of pyridine rings is 1. The molecular formula is C13H10F3N3O3S2. The Balaban J connectivity index is 2.37. The van der Waals surface area contributed by atoms with Gasteiger partial charge in [-0.3, -0.25) is 4.98 Å². The molecule has 2 rings (SSSR count). The predicted octanol–water partition coefficient (Wildman–Crippen LogP) is 2.03. The van der Waals surface area contributed by atoms with E-state index >= 15 is 0 Å². The second-order valence-electron chi connectivity index (χ2n) is 4.50. The van der Waals surface area contributed by atoms with Crippen LogP contribution in [0.5, 0.6) is 5.75 Å². The lowest BCUT2D eigenvalue weighted by atomic mass is 10.3. The molecule has 0 fully saturated rings. The van der Waals surface area contributed by atoms with Crippen molar-refractivity contribution in [2.45, 2.75) is 16.2 Å². The second kappa shape index (κ2) is 6.24. The standard InChI is InChI=1S/C13H10F3N3O3S2/c14-13(15,16)22-7-1-3-8(4-2-7)24(20,21)9-5-10(17)11(12(18)23)19-6-9/h1-6H,17H2,(H2,18,23). The van der Waals surface area contributed by atoms with Crippen molar-refractivity contribution in [1.29, 1.82) is 0 Å². The zero-order valence-electron chi connectivity index (χ0n) is 11.7. The maximum atomic E-state index is 12.4. The molecule has 0 aliphatic carbocycles. The highest BCUT2D eigenvalue weighted by atomic mass is 32.2. The molecule has 6 nitrogen and oxygen atoms in total. The fourth-order valence-electron chi connectivity index (χ4n) is 1.77. The summed E-state index contributed by atoms with van der Waals surface area (Å²) in [6.07, 6.45) is -3.85. The zero-order chi connectivity index (χ0) is 18.1. The molecule has 0 aliphatic heterocycles. The van der Waals surface area contributed by atoms with Crippen LogP contribution in [0.3, 0.4) is 0 Å². The molecule has 4 N–H and O–H groups in total. The Bertz CT molecular complexity index is 882. The van der Waals surface area contributed by atoms with Gasteiger partial charge in [-0.1, -0.05) is 12.2 Å². The zero-order valence-corrected chi connectivity index (χ0v) is 13.4. The van der Waals surface area contributed by atoms with Crippen LogP contribution in [-0.2, 0) is 9.84 Å². The van der Waals surface area contributed by atoms with E-state index in [0.717, 1.165) is 36.5 Å². The van der Waals surface area contributed by atoms with Crippen molar-refractivity contribution in [2.24, 2.45) is 5.73 Å². The molecule has 0 spiro atoms. The van der Waals surface area contributed by atoms with E-state index in [2.05, 4.69) is 9.72 Å². The topological polar surface area (TPSA) is 108 Å². The van der Waals surface area contributed by atoms with E-state index in [-0.39, 0.29) is 26.2 Å². The largest absolute Gasteiger partial charge is 0.573 e. The van der Waals surface area contributed by atoms with Crippen LogP contribution in [0.1, 0.15) is 5.69 Å². The number of nitrogens with two attached hydrogens (primary N) is 2. The number of hydrogen-bond donors (Lipinski definition) is 2. The summed E-state index contributed by atoms with van der Waals surface area (Å²) < 4.78 is 64.9. The fraction of sp³-hybridized carbons (Fsp3) is 0.0769. The second-order valence-corrected chi connectivity index (χ2v) is 6.89. The van der Waals surface area contributed by atoms with Gasteiger partial charge in [0.2, 0.25) is 9.84 Å². The molecule has 0 atom stereocenters. The van der Waals surface area contributed by atoms with Crippen molar-refractivity contribution in [3.05, 3.63) is 42.2 Å². The highest BCUT2D eigenvalue weighted by Crippen LogP contribution is 2.27. The van der Waals surface area contributed by atoms with E-state index in [4.69, 9.17) is 23.7 Å². The lowest BCUT2D eigenvalue weighted by Crippen LogP contribution is -2.17. The third-order valence-electron chi connectivity index (χ3n) is 2.80. The van der Waals surface area contributed by atoms with Gasteiger partial charge in [0.15, 0.2) is 0 Å². The van der Waals surface area contributed by atoms with E-state index in [0.29, 0.717) is 0 Å². The maximum absolute atomic E-state index is 12.4. The molecular weight excluding hydrogens is 367 g/mol. The van der Waals surface area contributed by atoms with E-state index < -0.39 is 21.9 Å². The van der Waals surface area contributed by atoms with Crippen LogP contribution in [0.2, 0.25) is 0 Å². The van der Waals surface area contributed by atoms with Gasteiger partial charge in [-0.25, -0.2) is 8.42 Å². The van der Waals surface area contributed by atoms with Crippen molar-refractivity contribution >= 4 is 32.7 Å². The number of nitrogen functional groups attached to an aromatic ring is 1. The van der Waals surface area contributed by atoms with E-state index in [1.54, 1.807) is 0 Å². The summed E-state index contributed by atoms with van der Waals surface area (Å²) in [7, 11) is -4.03. The van der Waals surface area contributed by atoms with Crippen LogP contribution in [0.4, 0.5) is 18.9 Å². The Morgan fingerprint density at radius 2 is 1.75 bits per heavy atom. The van der Waals surface area contributed by atoms with Crippen LogP contribution < -0.4 is 16.2 Å². The first-order valence-corrected chi connectivity index (χ1v) is 8.06. The Hall–Kier alpha value is -2.40. The molecule has 2 aromatic rings. The van der Waals surface area contributed by atoms with Gasteiger partial charge in [0.1, 0.15) is 16.4 Å². The maximum Gasteiger partial charge on any atom is 0.573 e. The molecule has 0 saturated heterocycles. The number of anilines is 1. The Morgan fingerprint density at radius 3 is 2.21 bits per heavy atom. The molecule has 1 aromatic heterocycles. The monoisotopic (exact) mass is 377 g/mol. The van der Waals surface area contributed by atoms with Crippen LogP contribution in [0.15, 0.2) is 46.3 Å². The molecule has 0 saturated carbocycles. The Morgan fingerprint density at radius 1 is 1.17 bits per heavy atom. The average molecular weight is 377 g/mol. The molecule has 128 valence electrons. The highest BCUT2D eigenvalue weighted by Gasteiger charge is 2.31. The summed E-state index contributed by atoms with van der Waals surface area (Å²) in [6, 6.07) is 4.86. The van der Waals surface area contributed by atoms with Crippen LogP contribution in [0, 0.1) is 0 Å². The van der Waals surface area contributed by atoms with Crippen LogP contribution in [0.25, 0.3) is 0 Å². The number of benzene rings is 1. The normalized spacial score (nSPS) is 12.0. The summed E-state index contributed by atoms with van der Waals surface area (Å²) in [5.74, 6) is -0.539. The summed E-state index contributed by atoms with van der Waals surface area (Å²) in [5, 5.41) is 0. The number of aromatic nitrogens is 1. The van der Waals surface area contributed by atoms with E-state index in [1.807, 2.05) is 0 Å². The van der Waals surface area contributed by atoms with E-state index in [1.165, 1.54) is 0 Å². The van der Waals surface area contributed by atoms with E-state index in [9.17, 15) is 21.6 Å². The molecule has 0 amide bonds. The summed E-state index contributed by atoms with van der Waals surface area (Å²) in [4.78, 5) is 3.20. The number of hydrogen-bond acceptors (Lipinski definition) is 6. The SMILES string of the molecule is NC(=S)c1ncc(S(=O)(=O)c2ccc(OC(F)(F)F)cc2)cc1N. The summed E-state index contributed by atoms with van der Waals surface area (Å²) >= 11 is 4.72. The Labute approximate surface area is 140 Å². The number of sulfone groups is 1.